The van der Waals surface area contributed by atoms with Crippen molar-refractivity contribution in [2.75, 3.05) is 5.01 Å². The third kappa shape index (κ3) is 3.08. The van der Waals surface area contributed by atoms with Gasteiger partial charge in [0.15, 0.2) is 0 Å². The van der Waals surface area contributed by atoms with Crippen LogP contribution in [0.2, 0.25) is 5.02 Å². The molecule has 0 aromatic heterocycles. The van der Waals surface area contributed by atoms with Crippen LogP contribution in [0.4, 0.5) is 15.8 Å². The third-order valence-electron chi connectivity index (χ3n) is 4.19. The Morgan fingerprint density at radius 2 is 1.64 bits per heavy atom. The van der Waals surface area contributed by atoms with Crippen molar-refractivity contribution in [1.82, 2.24) is 0 Å². The monoisotopic (exact) mass is 414 g/mol. The molecule has 0 N–H and O–H groups in total. The number of sulfone groups is 1. The van der Waals surface area contributed by atoms with Gasteiger partial charge in [-0.15, -0.1) is 0 Å². The highest BCUT2D eigenvalue weighted by Crippen LogP contribution is 2.38. The summed E-state index contributed by atoms with van der Waals surface area (Å²) in [6.45, 7) is 0. The first-order chi connectivity index (χ1) is 13.4. The molecule has 0 unspecified atom stereocenters. The van der Waals surface area contributed by atoms with Crippen molar-refractivity contribution in [2.24, 2.45) is 5.10 Å². The quantitative estimate of drug-likeness (QED) is 0.587. The van der Waals surface area contributed by atoms with E-state index in [4.69, 9.17) is 11.6 Å². The molecule has 0 bridgehead atoms. The Bertz CT molecular complexity index is 1210. The van der Waals surface area contributed by atoms with E-state index >= 15 is 0 Å². The molecule has 0 radical (unpaired) electrons. The second-order valence-electron chi connectivity index (χ2n) is 6.00. The van der Waals surface area contributed by atoms with Crippen molar-refractivity contribution in [3.05, 3.63) is 89.2 Å². The molecule has 3 aromatic rings. The lowest BCUT2D eigenvalue weighted by atomic mass is 10.1. The van der Waals surface area contributed by atoms with Gasteiger partial charge in [0.25, 0.3) is 0 Å². The maximum absolute atomic E-state index is 13.8. The second-order valence-corrected chi connectivity index (χ2v) is 8.27. The van der Waals surface area contributed by atoms with Crippen LogP contribution in [0.15, 0.2) is 82.8 Å². The Morgan fingerprint density at radius 3 is 2.32 bits per heavy atom. The van der Waals surface area contributed by atoms with E-state index in [1.165, 1.54) is 23.2 Å². The zero-order valence-electron chi connectivity index (χ0n) is 14.2. The van der Waals surface area contributed by atoms with Gasteiger partial charge in [-0.05, 0) is 42.5 Å². The van der Waals surface area contributed by atoms with Gasteiger partial charge in [0.2, 0.25) is 20.7 Å². The summed E-state index contributed by atoms with van der Waals surface area (Å²) in [4.78, 5) is 12.6. The summed E-state index contributed by atoms with van der Waals surface area (Å²) in [5.41, 5.74) is 0.791. The number of hydrogen-bond donors (Lipinski definition) is 0. The van der Waals surface area contributed by atoms with Gasteiger partial charge in [-0.25, -0.2) is 17.8 Å². The van der Waals surface area contributed by atoms with Crippen LogP contribution in [-0.4, -0.2) is 19.2 Å². The summed E-state index contributed by atoms with van der Waals surface area (Å²) in [6.07, 6.45) is 0. The highest BCUT2D eigenvalue weighted by Gasteiger charge is 2.38. The van der Waals surface area contributed by atoms with E-state index in [0.29, 0.717) is 10.7 Å². The van der Waals surface area contributed by atoms with Crippen LogP contribution in [0.1, 0.15) is 10.4 Å². The SMILES string of the molecule is O=C(C1=NN(c2ccc(Cl)cc2)c2ccc(F)cc2S1(=O)=O)c1ccccc1. The highest BCUT2D eigenvalue weighted by atomic mass is 35.5. The molecule has 1 aliphatic heterocycles. The molecular formula is C20H12ClFN2O3S. The van der Waals surface area contributed by atoms with Crippen molar-refractivity contribution in [2.45, 2.75) is 4.90 Å². The van der Waals surface area contributed by atoms with E-state index in [9.17, 15) is 17.6 Å². The van der Waals surface area contributed by atoms with Crippen LogP contribution < -0.4 is 5.01 Å². The minimum absolute atomic E-state index is 0.147. The van der Waals surface area contributed by atoms with E-state index in [1.54, 1.807) is 42.5 Å². The van der Waals surface area contributed by atoms with E-state index in [1.807, 2.05) is 0 Å². The van der Waals surface area contributed by atoms with Crippen LogP contribution in [-0.2, 0) is 9.84 Å². The molecule has 1 heterocycles. The lowest BCUT2D eigenvalue weighted by molar-refractivity contribution is 0.106. The first kappa shape index (κ1) is 18.3. The number of fused-ring (bicyclic) bond motifs is 1. The van der Waals surface area contributed by atoms with Crippen LogP contribution in [0.3, 0.4) is 0 Å². The lowest BCUT2D eigenvalue weighted by Gasteiger charge is -2.27. The highest BCUT2D eigenvalue weighted by molar-refractivity contribution is 8.08. The van der Waals surface area contributed by atoms with Gasteiger partial charge >= 0.3 is 0 Å². The van der Waals surface area contributed by atoms with Gasteiger partial charge in [-0.2, -0.15) is 5.10 Å². The Hall–Kier alpha value is -3.03. The molecule has 1 aliphatic rings. The topological polar surface area (TPSA) is 66.8 Å². The average molecular weight is 415 g/mol. The number of nitrogens with zero attached hydrogens (tertiary/aromatic N) is 2. The molecule has 28 heavy (non-hydrogen) atoms. The van der Waals surface area contributed by atoms with Gasteiger partial charge in [-0.3, -0.25) is 4.79 Å². The maximum atomic E-state index is 13.8. The van der Waals surface area contributed by atoms with E-state index in [2.05, 4.69) is 5.10 Å². The molecule has 0 amide bonds. The van der Waals surface area contributed by atoms with Crippen molar-refractivity contribution in [3.63, 3.8) is 0 Å². The fraction of sp³-hybridized carbons (Fsp3) is 0. The van der Waals surface area contributed by atoms with Gasteiger partial charge in [0.1, 0.15) is 10.7 Å². The van der Waals surface area contributed by atoms with Crippen molar-refractivity contribution in [1.29, 1.82) is 0 Å². The summed E-state index contributed by atoms with van der Waals surface area (Å²) in [7, 11) is -4.31. The summed E-state index contributed by atoms with van der Waals surface area (Å²) >= 11 is 5.92. The second kappa shape index (κ2) is 6.85. The number of hydrogen-bond acceptors (Lipinski definition) is 5. The molecule has 0 spiro atoms. The number of carbonyl (C=O) groups is 1. The molecule has 0 saturated heterocycles. The van der Waals surface area contributed by atoms with Crippen molar-refractivity contribution < 1.29 is 17.6 Å². The van der Waals surface area contributed by atoms with E-state index in [-0.39, 0.29) is 16.1 Å². The Morgan fingerprint density at radius 1 is 0.964 bits per heavy atom. The Kier molecular flexibility index (Phi) is 4.49. The van der Waals surface area contributed by atoms with Crippen molar-refractivity contribution in [3.8, 4) is 0 Å². The van der Waals surface area contributed by atoms with E-state index in [0.717, 1.165) is 12.1 Å². The van der Waals surface area contributed by atoms with E-state index < -0.39 is 26.5 Å². The average Bonchev–Trinajstić information content (AvgIpc) is 2.69. The molecule has 3 aromatic carbocycles. The molecule has 0 fully saturated rings. The number of hydrazone groups is 1. The molecule has 140 valence electrons. The van der Waals surface area contributed by atoms with Crippen LogP contribution in [0, 0.1) is 5.82 Å². The van der Waals surface area contributed by atoms with Gasteiger partial charge in [0.05, 0.1) is 11.4 Å². The third-order valence-corrected chi connectivity index (χ3v) is 6.12. The summed E-state index contributed by atoms with van der Waals surface area (Å²) in [5, 5.41) is 5.23. The number of halogens is 2. The Balaban J connectivity index is 1.95. The maximum Gasteiger partial charge on any atom is 0.231 e. The largest absolute Gasteiger partial charge is 0.286 e. The number of rotatable bonds is 3. The smallest absolute Gasteiger partial charge is 0.231 e. The van der Waals surface area contributed by atoms with Crippen LogP contribution in [0.5, 0.6) is 0 Å². The number of Topliss-reactive ketones (excluding diaryl/α,β-unsaturated/α-hetero) is 1. The van der Waals surface area contributed by atoms with Gasteiger partial charge < -0.3 is 0 Å². The molecular weight excluding hydrogens is 403 g/mol. The van der Waals surface area contributed by atoms with Gasteiger partial charge in [-0.1, -0.05) is 41.9 Å². The van der Waals surface area contributed by atoms with Gasteiger partial charge in [0, 0.05) is 10.6 Å². The summed E-state index contributed by atoms with van der Waals surface area (Å²) < 4.78 is 39.9. The number of benzene rings is 3. The lowest BCUT2D eigenvalue weighted by Crippen LogP contribution is -2.33. The molecule has 0 saturated carbocycles. The minimum Gasteiger partial charge on any atom is -0.286 e. The fourth-order valence-electron chi connectivity index (χ4n) is 2.84. The Labute approximate surface area is 165 Å². The minimum atomic E-state index is -4.31. The fourth-order valence-corrected chi connectivity index (χ4v) is 4.42. The van der Waals surface area contributed by atoms with Crippen LogP contribution in [0.25, 0.3) is 0 Å². The predicted molar refractivity (Wildman–Crippen MR) is 105 cm³/mol. The van der Waals surface area contributed by atoms with Crippen molar-refractivity contribution >= 4 is 43.6 Å². The summed E-state index contributed by atoms with van der Waals surface area (Å²) in [5.74, 6) is -1.50. The predicted octanol–water partition coefficient (Wildman–Crippen LogP) is 4.60. The molecule has 5 nitrogen and oxygen atoms in total. The molecule has 8 heteroatoms. The molecule has 4 rings (SSSR count). The molecule has 0 atom stereocenters. The number of anilines is 2. The zero-order valence-corrected chi connectivity index (χ0v) is 15.8. The van der Waals surface area contributed by atoms with Crippen LogP contribution >= 0.6 is 11.6 Å². The normalized spacial score (nSPS) is 14.9. The standard InChI is InChI=1S/C20H12ClFN2O3S/c21-14-6-9-16(10-7-14)24-17-11-8-15(22)12-18(17)28(26,27)20(23-24)19(25)13-4-2-1-3-5-13/h1-12H. The number of ketones is 1. The molecule has 0 aliphatic carbocycles. The summed E-state index contributed by atoms with van der Waals surface area (Å²) in [6, 6.07) is 17.7. The number of carbonyl (C=O) groups excluding carboxylic acids is 1. The first-order valence-electron chi connectivity index (χ1n) is 8.16. The zero-order chi connectivity index (χ0) is 19.9. The first-order valence-corrected chi connectivity index (χ1v) is 10.0.